The van der Waals surface area contributed by atoms with Gasteiger partial charge in [-0.25, -0.2) is 4.98 Å². The Labute approximate surface area is 159 Å². The van der Waals surface area contributed by atoms with Crippen molar-refractivity contribution in [2.75, 3.05) is 13.1 Å². The van der Waals surface area contributed by atoms with E-state index in [0.717, 1.165) is 44.0 Å². The zero-order valence-corrected chi connectivity index (χ0v) is 15.7. The van der Waals surface area contributed by atoms with E-state index < -0.39 is 0 Å². The minimum absolute atomic E-state index is 0.132. The topological polar surface area (TPSA) is 56.0 Å². The maximum atomic E-state index is 12.7. The zero-order valence-electron chi connectivity index (χ0n) is 15.7. The molecule has 3 heterocycles. The number of likely N-dealkylation sites (tertiary alicyclic amines) is 1. The van der Waals surface area contributed by atoms with Gasteiger partial charge in [0.15, 0.2) is 0 Å². The number of piperidine rings is 1. The molecule has 0 saturated carbocycles. The summed E-state index contributed by atoms with van der Waals surface area (Å²) < 4.78 is 3.98. The zero-order chi connectivity index (χ0) is 18.6. The molecule has 27 heavy (non-hydrogen) atoms. The highest BCUT2D eigenvalue weighted by atomic mass is 16.2. The van der Waals surface area contributed by atoms with E-state index >= 15 is 0 Å². The third-order valence-corrected chi connectivity index (χ3v) is 5.30. The molecule has 1 amide bonds. The van der Waals surface area contributed by atoms with Gasteiger partial charge in [-0.1, -0.05) is 30.3 Å². The number of hydrogen-bond acceptors (Lipinski definition) is 3. The Morgan fingerprint density at radius 2 is 2.04 bits per heavy atom. The molecule has 1 atom stereocenters. The Balaban J connectivity index is 1.45. The van der Waals surface area contributed by atoms with Crippen LogP contribution in [0, 0.1) is 6.92 Å². The van der Waals surface area contributed by atoms with E-state index in [-0.39, 0.29) is 11.8 Å². The molecule has 0 N–H and O–H groups in total. The Morgan fingerprint density at radius 1 is 1.19 bits per heavy atom. The first-order valence-electron chi connectivity index (χ1n) is 9.52. The third-order valence-electron chi connectivity index (χ3n) is 5.30. The fourth-order valence-electron chi connectivity index (χ4n) is 3.80. The summed E-state index contributed by atoms with van der Waals surface area (Å²) in [7, 11) is 0. The minimum Gasteiger partial charge on any atom is -0.340 e. The van der Waals surface area contributed by atoms with Crippen molar-refractivity contribution in [3.05, 3.63) is 72.1 Å². The number of carbonyl (C=O) groups is 1. The van der Waals surface area contributed by atoms with Crippen molar-refractivity contribution in [1.82, 2.24) is 24.2 Å². The van der Waals surface area contributed by atoms with Crippen LogP contribution in [0.15, 0.2) is 55.0 Å². The summed E-state index contributed by atoms with van der Waals surface area (Å²) in [6.45, 7) is 4.64. The van der Waals surface area contributed by atoms with Gasteiger partial charge in [-0.05, 0) is 31.4 Å². The molecule has 4 rings (SSSR count). The van der Waals surface area contributed by atoms with Crippen LogP contribution in [-0.4, -0.2) is 43.2 Å². The molecule has 0 radical (unpaired) electrons. The molecular weight excluding hydrogens is 338 g/mol. The van der Waals surface area contributed by atoms with E-state index in [2.05, 4.69) is 38.9 Å². The number of aryl methyl sites for hydroxylation is 1. The Bertz CT molecular complexity index is 898. The van der Waals surface area contributed by atoms with Gasteiger partial charge < -0.3 is 9.47 Å². The maximum Gasteiger partial charge on any atom is 0.244 e. The maximum absolute atomic E-state index is 12.7. The van der Waals surface area contributed by atoms with Crippen LogP contribution >= 0.6 is 0 Å². The normalized spacial score (nSPS) is 17.2. The van der Waals surface area contributed by atoms with Gasteiger partial charge in [0.1, 0.15) is 12.4 Å². The van der Waals surface area contributed by atoms with E-state index in [1.165, 1.54) is 5.56 Å². The Morgan fingerprint density at radius 3 is 2.81 bits per heavy atom. The van der Waals surface area contributed by atoms with Crippen molar-refractivity contribution < 1.29 is 4.79 Å². The number of benzene rings is 1. The molecule has 6 heteroatoms. The first kappa shape index (κ1) is 17.5. The molecule has 0 bridgehead atoms. The molecular formula is C21H25N5O. The van der Waals surface area contributed by atoms with Gasteiger partial charge in [0.2, 0.25) is 5.91 Å². The van der Waals surface area contributed by atoms with Crippen molar-refractivity contribution in [3.8, 4) is 0 Å². The summed E-state index contributed by atoms with van der Waals surface area (Å²) in [5, 5.41) is 4.23. The van der Waals surface area contributed by atoms with Gasteiger partial charge in [-0.3, -0.25) is 9.48 Å². The largest absolute Gasteiger partial charge is 0.340 e. The van der Waals surface area contributed by atoms with E-state index in [4.69, 9.17) is 0 Å². The van der Waals surface area contributed by atoms with Gasteiger partial charge in [0.25, 0.3) is 0 Å². The molecule has 0 spiro atoms. The number of rotatable bonds is 5. The smallest absolute Gasteiger partial charge is 0.244 e. The second kappa shape index (κ2) is 7.78. The SMILES string of the molecule is Cc1ccnn1CC(=O)N1CCC[C@@H](c2nccn2Cc2ccccc2)C1. The number of imidazole rings is 1. The molecule has 2 aromatic heterocycles. The standard InChI is InChI=1S/C21H25N5O/c1-17-9-10-23-26(17)16-20(27)24-12-5-8-19(15-24)21-22-11-13-25(21)14-18-6-3-2-4-7-18/h2-4,6-7,9-11,13,19H,5,8,12,14-16H2,1H3/t19-/m1/s1. The molecule has 6 nitrogen and oxygen atoms in total. The third kappa shape index (κ3) is 3.94. The first-order valence-corrected chi connectivity index (χ1v) is 9.52. The number of carbonyl (C=O) groups excluding carboxylic acids is 1. The summed E-state index contributed by atoms with van der Waals surface area (Å²) in [5.74, 6) is 1.49. The van der Waals surface area contributed by atoms with Gasteiger partial charge in [-0.15, -0.1) is 0 Å². The van der Waals surface area contributed by atoms with Gasteiger partial charge in [0.05, 0.1) is 0 Å². The summed E-state index contributed by atoms with van der Waals surface area (Å²) in [6, 6.07) is 12.3. The number of hydrogen-bond donors (Lipinski definition) is 0. The van der Waals surface area contributed by atoms with Crippen molar-refractivity contribution in [2.45, 2.75) is 38.8 Å². The van der Waals surface area contributed by atoms with Gasteiger partial charge in [-0.2, -0.15) is 5.10 Å². The van der Waals surface area contributed by atoms with E-state index in [1.807, 2.05) is 36.4 Å². The van der Waals surface area contributed by atoms with Crippen LogP contribution in [0.3, 0.4) is 0 Å². The van der Waals surface area contributed by atoms with E-state index in [1.54, 1.807) is 10.9 Å². The quantitative estimate of drug-likeness (QED) is 0.700. The highest BCUT2D eigenvalue weighted by Crippen LogP contribution is 2.26. The molecule has 1 aliphatic rings. The summed E-state index contributed by atoms with van der Waals surface area (Å²) >= 11 is 0. The molecule has 3 aromatic rings. The number of nitrogens with zero attached hydrogens (tertiary/aromatic N) is 5. The Hall–Kier alpha value is -2.89. The fraction of sp³-hybridized carbons (Fsp3) is 0.381. The summed E-state index contributed by atoms with van der Waals surface area (Å²) in [6.07, 6.45) is 7.72. The molecule has 1 fully saturated rings. The van der Waals surface area contributed by atoms with Crippen LogP contribution in [0.2, 0.25) is 0 Å². The predicted molar refractivity (Wildman–Crippen MR) is 103 cm³/mol. The first-order chi connectivity index (χ1) is 13.2. The average Bonchev–Trinajstić information content (AvgIpc) is 3.32. The van der Waals surface area contributed by atoms with Crippen LogP contribution in [-0.2, 0) is 17.9 Å². The second-order valence-electron chi connectivity index (χ2n) is 7.21. The lowest BCUT2D eigenvalue weighted by Gasteiger charge is -2.33. The molecule has 140 valence electrons. The van der Waals surface area contributed by atoms with Gasteiger partial charge >= 0.3 is 0 Å². The van der Waals surface area contributed by atoms with Gasteiger partial charge in [0, 0.05) is 49.8 Å². The monoisotopic (exact) mass is 363 g/mol. The number of amides is 1. The minimum atomic E-state index is 0.132. The van der Waals surface area contributed by atoms with Crippen LogP contribution in [0.5, 0.6) is 0 Å². The highest BCUT2D eigenvalue weighted by molar-refractivity contribution is 5.76. The molecule has 0 aliphatic carbocycles. The molecule has 0 unspecified atom stereocenters. The lowest BCUT2D eigenvalue weighted by molar-refractivity contribution is -0.133. The van der Waals surface area contributed by atoms with Crippen LogP contribution in [0.4, 0.5) is 0 Å². The van der Waals surface area contributed by atoms with Crippen LogP contribution in [0.25, 0.3) is 0 Å². The molecule has 1 aliphatic heterocycles. The molecule has 1 aromatic carbocycles. The lowest BCUT2D eigenvalue weighted by atomic mass is 9.97. The molecule has 1 saturated heterocycles. The van der Waals surface area contributed by atoms with Crippen molar-refractivity contribution in [2.24, 2.45) is 0 Å². The Kier molecular flexibility index (Phi) is 5.05. The van der Waals surface area contributed by atoms with Crippen LogP contribution < -0.4 is 0 Å². The summed E-state index contributed by atoms with van der Waals surface area (Å²) in [5.41, 5.74) is 2.27. The lowest BCUT2D eigenvalue weighted by Crippen LogP contribution is -2.41. The number of aromatic nitrogens is 4. The van der Waals surface area contributed by atoms with Crippen molar-refractivity contribution in [1.29, 1.82) is 0 Å². The van der Waals surface area contributed by atoms with E-state index in [9.17, 15) is 4.79 Å². The van der Waals surface area contributed by atoms with E-state index in [0.29, 0.717) is 6.54 Å². The van der Waals surface area contributed by atoms with Crippen molar-refractivity contribution >= 4 is 5.91 Å². The fourth-order valence-corrected chi connectivity index (χ4v) is 3.80. The highest BCUT2D eigenvalue weighted by Gasteiger charge is 2.27. The predicted octanol–water partition coefficient (Wildman–Crippen LogP) is 2.84. The second-order valence-corrected chi connectivity index (χ2v) is 7.21. The van der Waals surface area contributed by atoms with Crippen LogP contribution in [0.1, 0.15) is 35.8 Å². The summed E-state index contributed by atoms with van der Waals surface area (Å²) in [4.78, 5) is 19.3. The average molecular weight is 363 g/mol. The van der Waals surface area contributed by atoms with Crippen molar-refractivity contribution in [3.63, 3.8) is 0 Å².